The molecule has 0 aliphatic carbocycles. The van der Waals surface area contributed by atoms with Gasteiger partial charge in [-0.2, -0.15) is 0 Å². The third kappa shape index (κ3) is 49.8. The molecule has 0 saturated carbocycles. The molecule has 0 aliphatic heterocycles. The van der Waals surface area contributed by atoms with E-state index < -0.39 is 19.2 Å². The first-order valence-electron chi connectivity index (χ1n) is 5.78. The van der Waals surface area contributed by atoms with Crippen LogP contribution < -0.4 is 29.6 Å². The van der Waals surface area contributed by atoms with Crippen LogP contribution in [0.1, 0.15) is 19.3 Å². The van der Waals surface area contributed by atoms with Crippen molar-refractivity contribution >= 4 is 45.8 Å². The van der Waals surface area contributed by atoms with Crippen molar-refractivity contribution in [3.8, 4) is 0 Å². The quantitative estimate of drug-likeness (QED) is 0.174. The van der Waals surface area contributed by atoms with Gasteiger partial charge in [-0.1, -0.05) is 34.2 Å². The van der Waals surface area contributed by atoms with Crippen LogP contribution in [0, 0.1) is 0 Å². The molecule has 0 heterocycles. The van der Waals surface area contributed by atoms with Gasteiger partial charge in [0.15, 0.2) is 0 Å². The fourth-order valence-corrected chi connectivity index (χ4v) is 2.02. The van der Waals surface area contributed by atoms with Gasteiger partial charge in [0.05, 0.1) is 15.9 Å². The number of hydrogen-bond acceptors (Lipinski definition) is 5. The Morgan fingerprint density at radius 1 is 0.909 bits per heavy atom. The number of allylic oxidation sites excluding steroid dienone is 3. The van der Waals surface area contributed by atoms with Crippen molar-refractivity contribution in [2.75, 3.05) is 16.8 Å². The molecule has 0 saturated heterocycles. The topological polar surface area (TPSA) is 91.3 Å². The molecule has 0 aliphatic rings. The average molecular weight is 448 g/mol. The molecule has 0 spiro atoms. The van der Waals surface area contributed by atoms with Crippen LogP contribution in [0.15, 0.2) is 38.0 Å². The second-order valence-electron chi connectivity index (χ2n) is 3.43. The minimum Gasteiger partial charge on any atom is -0.748 e. The summed E-state index contributed by atoms with van der Waals surface area (Å²) in [5, 5.41) is 1.04. The molecule has 0 bridgehead atoms. The van der Waals surface area contributed by atoms with Gasteiger partial charge >= 0.3 is 29.6 Å². The summed E-state index contributed by atoms with van der Waals surface area (Å²) >= 11 is 3.24. The van der Waals surface area contributed by atoms with Crippen LogP contribution in [-0.4, -0.2) is 38.2 Å². The Labute approximate surface area is 169 Å². The molecule has 0 N–H and O–H groups in total. The maximum atomic E-state index is 10.1. The maximum absolute atomic E-state index is 10.1. The van der Waals surface area contributed by atoms with E-state index in [1.165, 1.54) is 12.2 Å². The Morgan fingerprint density at radius 3 is 1.36 bits per heavy atom. The molecule has 0 amide bonds. The Hall–Kier alpha value is 0.850. The van der Waals surface area contributed by atoms with Gasteiger partial charge in [0.1, 0.15) is 0 Å². The Kier molecular flexibility index (Phi) is 27.8. The molecule has 0 rings (SSSR count). The monoisotopic (exact) mass is 446 g/mol. The van der Waals surface area contributed by atoms with Crippen LogP contribution >= 0.6 is 26.6 Å². The van der Waals surface area contributed by atoms with Crippen molar-refractivity contribution in [1.29, 1.82) is 0 Å². The number of halogens is 2. The van der Waals surface area contributed by atoms with Crippen molar-refractivity contribution < 1.29 is 50.9 Å². The van der Waals surface area contributed by atoms with Gasteiger partial charge in [-0.3, -0.25) is 0 Å². The SMILES string of the molecule is C=CCCBr.C=CCCS(=O)(=O)Cl.C=CCCS(=O)(=O)[O-].[Na+]. The Balaban J connectivity index is -0.000000111. The zero-order valence-corrected chi connectivity index (χ0v) is 18.7. The molecule has 0 aromatic heterocycles. The molecule has 22 heavy (non-hydrogen) atoms. The summed E-state index contributed by atoms with van der Waals surface area (Å²) in [7, 11) is -2.46. The number of rotatable bonds is 8. The molecule has 0 atom stereocenters. The van der Waals surface area contributed by atoms with Gasteiger partial charge in [0.2, 0.25) is 9.05 Å². The predicted molar refractivity (Wildman–Crippen MR) is 92.4 cm³/mol. The smallest absolute Gasteiger partial charge is 0.748 e. The molecule has 0 fully saturated rings. The molecular formula is C12H21BrClNaO5S2. The number of hydrogen-bond donors (Lipinski definition) is 0. The predicted octanol–water partition coefficient (Wildman–Crippen LogP) is 0.200. The number of alkyl halides is 1. The normalized spacial score (nSPS) is 9.77. The van der Waals surface area contributed by atoms with Gasteiger partial charge in [0, 0.05) is 21.8 Å². The van der Waals surface area contributed by atoms with Crippen LogP contribution in [0.4, 0.5) is 0 Å². The van der Waals surface area contributed by atoms with Crippen LogP contribution in [0.5, 0.6) is 0 Å². The van der Waals surface area contributed by atoms with Gasteiger partial charge in [0.25, 0.3) is 0 Å². The molecule has 5 nitrogen and oxygen atoms in total. The maximum Gasteiger partial charge on any atom is 1.00 e. The molecule has 10 heteroatoms. The summed E-state index contributed by atoms with van der Waals surface area (Å²) in [5.74, 6) is -0.353. The molecular weight excluding hydrogens is 427 g/mol. The van der Waals surface area contributed by atoms with E-state index in [9.17, 15) is 21.4 Å². The van der Waals surface area contributed by atoms with Crippen molar-refractivity contribution in [3.63, 3.8) is 0 Å². The van der Waals surface area contributed by atoms with E-state index in [1.807, 2.05) is 6.08 Å². The summed E-state index contributed by atoms with van der Waals surface area (Å²) in [4.78, 5) is 0. The van der Waals surface area contributed by atoms with Gasteiger partial charge in [-0.25, -0.2) is 16.8 Å². The molecule has 126 valence electrons. The van der Waals surface area contributed by atoms with Crippen molar-refractivity contribution in [3.05, 3.63) is 38.0 Å². The summed E-state index contributed by atoms with van der Waals surface area (Å²) in [6.45, 7) is 10.1. The van der Waals surface area contributed by atoms with Crippen LogP contribution in [0.3, 0.4) is 0 Å². The summed E-state index contributed by atoms with van der Waals surface area (Å²) in [6.07, 6.45) is 6.53. The summed E-state index contributed by atoms with van der Waals surface area (Å²) in [5.41, 5.74) is 0. The van der Waals surface area contributed by atoms with Crippen molar-refractivity contribution in [2.24, 2.45) is 0 Å². The van der Waals surface area contributed by atoms with E-state index in [0.29, 0.717) is 6.42 Å². The van der Waals surface area contributed by atoms with Gasteiger partial charge in [-0.15, -0.1) is 19.7 Å². The van der Waals surface area contributed by atoms with Gasteiger partial charge in [-0.05, 0) is 19.3 Å². The standard InChI is InChI=1S/C4H7Br.C4H7ClO2S.C4H8O3S.Na/c1-2-3-4-5;2*1-2-3-4-8(5,6)7;/h2H,1,3-4H2;2H,1,3-4H2;2H,1,3-4H2,(H,5,6,7);/q;;;+1/p-1. The van der Waals surface area contributed by atoms with E-state index in [-0.39, 0.29) is 47.5 Å². The third-order valence-electron chi connectivity index (χ3n) is 1.45. The second-order valence-corrected chi connectivity index (χ2v) is 8.64. The minimum absolute atomic E-state index is 0. The second kappa shape index (κ2) is 19.9. The first kappa shape index (κ1) is 30.7. The Bertz CT molecular complexity index is 438. The van der Waals surface area contributed by atoms with Crippen molar-refractivity contribution in [2.45, 2.75) is 19.3 Å². The molecule has 0 radical (unpaired) electrons. The van der Waals surface area contributed by atoms with Gasteiger partial charge < -0.3 is 4.55 Å². The van der Waals surface area contributed by atoms with E-state index in [1.54, 1.807) is 0 Å². The largest absolute Gasteiger partial charge is 1.00 e. The van der Waals surface area contributed by atoms with E-state index in [2.05, 4.69) is 35.7 Å². The first-order valence-corrected chi connectivity index (χ1v) is 11.0. The first-order chi connectivity index (χ1) is 9.54. The van der Waals surface area contributed by atoms with Crippen molar-refractivity contribution in [1.82, 2.24) is 0 Å². The van der Waals surface area contributed by atoms with E-state index in [0.717, 1.165) is 11.8 Å². The fraction of sp³-hybridized carbons (Fsp3) is 0.500. The van der Waals surface area contributed by atoms with E-state index in [4.69, 9.17) is 10.7 Å². The molecule has 0 unspecified atom stereocenters. The third-order valence-corrected chi connectivity index (χ3v) is 3.83. The van der Waals surface area contributed by atoms with Crippen LogP contribution in [-0.2, 0) is 19.2 Å². The van der Waals surface area contributed by atoms with Crippen LogP contribution in [0.25, 0.3) is 0 Å². The van der Waals surface area contributed by atoms with E-state index >= 15 is 0 Å². The molecule has 0 aromatic rings. The zero-order chi connectivity index (χ0) is 17.4. The molecule has 0 aromatic carbocycles. The fourth-order valence-electron chi connectivity index (χ4n) is 0.529. The zero-order valence-electron chi connectivity index (χ0n) is 12.7. The Morgan fingerprint density at radius 2 is 1.27 bits per heavy atom. The average Bonchev–Trinajstić information content (AvgIpc) is 2.35. The van der Waals surface area contributed by atoms with Crippen LogP contribution in [0.2, 0.25) is 0 Å². The summed E-state index contributed by atoms with van der Waals surface area (Å²) in [6, 6.07) is 0. The summed E-state index contributed by atoms with van der Waals surface area (Å²) < 4.78 is 49.6. The minimum atomic E-state index is -4.01.